The van der Waals surface area contributed by atoms with Gasteiger partial charge in [-0.3, -0.25) is 4.79 Å². The van der Waals surface area contributed by atoms with Gasteiger partial charge in [0.2, 0.25) is 0 Å². The minimum Gasteiger partial charge on any atom is -0.466 e. The molecule has 0 aromatic heterocycles. The van der Waals surface area contributed by atoms with Crippen molar-refractivity contribution in [3.63, 3.8) is 0 Å². The molecule has 0 aromatic carbocycles. The Kier molecular flexibility index (Phi) is 28.2. The van der Waals surface area contributed by atoms with Crippen molar-refractivity contribution in [3.8, 4) is 0 Å². The van der Waals surface area contributed by atoms with Crippen LogP contribution in [0, 0.1) is 0 Å². The molecule has 0 aromatic rings. The smallest absolute Gasteiger partial charge is 0.466 e. The quantitative estimate of drug-likeness (QED) is 0.0334. The van der Waals surface area contributed by atoms with E-state index in [4.69, 9.17) is 37.0 Å². The van der Waals surface area contributed by atoms with E-state index in [1.54, 1.807) is 0 Å². The van der Waals surface area contributed by atoms with Crippen molar-refractivity contribution in [3.05, 3.63) is 12.7 Å². The summed E-state index contributed by atoms with van der Waals surface area (Å²) in [5.41, 5.74) is 0. The molecule has 10 nitrogen and oxygen atoms in total. The van der Waals surface area contributed by atoms with Crippen LogP contribution < -0.4 is 0 Å². The van der Waals surface area contributed by atoms with Crippen LogP contribution in [0.4, 0.5) is 0 Å². The second-order valence-electron chi connectivity index (χ2n) is 11.0. The fourth-order valence-corrected chi connectivity index (χ4v) is 7.13. The molecule has 3 unspecified atom stereocenters. The predicted octanol–water partition coefficient (Wildman–Crippen LogP) is 6.81. The number of carbonyl (C=O) groups is 2. The molecular formula is C33H64O10Si. The highest BCUT2D eigenvalue weighted by atomic mass is 28.4. The van der Waals surface area contributed by atoms with Crippen LogP contribution in [0.2, 0.25) is 6.04 Å². The SMILES string of the molecule is C=CC(=O)OCC(C)OCC(C)OCC(C)OCCCC(=O)OCCCCCCCCCCC[Si](OCC)(OCC)OCC. The van der Waals surface area contributed by atoms with E-state index in [0.717, 1.165) is 31.4 Å². The summed E-state index contributed by atoms with van der Waals surface area (Å²) in [6, 6.07) is 0.901. The Morgan fingerprint density at radius 3 is 1.61 bits per heavy atom. The van der Waals surface area contributed by atoms with Gasteiger partial charge in [-0.05, 0) is 60.8 Å². The van der Waals surface area contributed by atoms with Gasteiger partial charge in [0.1, 0.15) is 6.61 Å². The van der Waals surface area contributed by atoms with Crippen molar-refractivity contribution in [1.29, 1.82) is 0 Å². The second kappa shape index (κ2) is 29.1. The predicted molar refractivity (Wildman–Crippen MR) is 175 cm³/mol. The molecule has 0 rings (SSSR count). The van der Waals surface area contributed by atoms with Gasteiger partial charge in [-0.1, -0.05) is 51.5 Å². The Balaban J connectivity index is 3.64. The van der Waals surface area contributed by atoms with E-state index in [1.807, 2.05) is 41.5 Å². The second-order valence-corrected chi connectivity index (χ2v) is 13.8. The molecule has 0 aliphatic rings. The third-order valence-electron chi connectivity index (χ3n) is 6.77. The molecule has 260 valence electrons. The van der Waals surface area contributed by atoms with Gasteiger partial charge in [0, 0.05) is 45.0 Å². The molecule has 0 amide bonds. The highest BCUT2D eigenvalue weighted by Gasteiger charge is 2.39. The summed E-state index contributed by atoms with van der Waals surface area (Å²) in [5.74, 6) is -0.631. The summed E-state index contributed by atoms with van der Waals surface area (Å²) in [5, 5.41) is 0. The van der Waals surface area contributed by atoms with Gasteiger partial charge < -0.3 is 37.0 Å². The van der Waals surface area contributed by atoms with Crippen molar-refractivity contribution < 1.29 is 46.6 Å². The maximum atomic E-state index is 12.0. The fraction of sp³-hybridized carbons (Fsp3) is 0.879. The topological polar surface area (TPSA) is 108 Å². The number of ether oxygens (including phenoxy) is 5. The summed E-state index contributed by atoms with van der Waals surface area (Å²) >= 11 is 0. The Bertz CT molecular complexity index is 691. The van der Waals surface area contributed by atoms with Crippen LogP contribution >= 0.6 is 0 Å². The average Bonchev–Trinajstić information content (AvgIpc) is 3.00. The molecule has 0 saturated heterocycles. The third kappa shape index (κ3) is 24.9. The lowest BCUT2D eigenvalue weighted by Gasteiger charge is -2.28. The van der Waals surface area contributed by atoms with Crippen molar-refractivity contribution in [1.82, 2.24) is 0 Å². The molecule has 0 aliphatic heterocycles. The molecular weight excluding hydrogens is 584 g/mol. The minimum atomic E-state index is -2.49. The van der Waals surface area contributed by atoms with Crippen LogP contribution in [0.1, 0.15) is 112 Å². The van der Waals surface area contributed by atoms with Gasteiger partial charge in [-0.2, -0.15) is 0 Å². The molecule has 11 heteroatoms. The summed E-state index contributed by atoms with van der Waals surface area (Å²) in [7, 11) is -2.49. The van der Waals surface area contributed by atoms with E-state index < -0.39 is 14.8 Å². The highest BCUT2D eigenvalue weighted by Crippen LogP contribution is 2.21. The summed E-state index contributed by atoms with van der Waals surface area (Å²) < 4.78 is 45.2. The normalized spacial score (nSPS) is 13.8. The number of hydrogen-bond acceptors (Lipinski definition) is 10. The van der Waals surface area contributed by atoms with E-state index in [9.17, 15) is 9.59 Å². The van der Waals surface area contributed by atoms with Gasteiger partial charge in [0.25, 0.3) is 0 Å². The highest BCUT2D eigenvalue weighted by molar-refractivity contribution is 6.60. The lowest BCUT2D eigenvalue weighted by atomic mass is 10.1. The van der Waals surface area contributed by atoms with Gasteiger partial charge in [-0.25, -0.2) is 4.79 Å². The van der Waals surface area contributed by atoms with Crippen molar-refractivity contribution in [2.24, 2.45) is 0 Å². The molecule has 44 heavy (non-hydrogen) atoms. The van der Waals surface area contributed by atoms with Crippen molar-refractivity contribution in [2.45, 2.75) is 137 Å². The number of hydrogen-bond donors (Lipinski definition) is 0. The number of rotatable bonds is 32. The largest absolute Gasteiger partial charge is 0.500 e. The van der Waals surface area contributed by atoms with Crippen LogP contribution in [0.3, 0.4) is 0 Å². The Morgan fingerprint density at radius 1 is 0.614 bits per heavy atom. The number of carbonyl (C=O) groups excluding carboxylic acids is 2. The molecule has 0 bridgehead atoms. The van der Waals surface area contributed by atoms with Gasteiger partial charge in [0.15, 0.2) is 0 Å². The molecule has 0 fully saturated rings. The van der Waals surface area contributed by atoms with Crippen molar-refractivity contribution in [2.75, 3.05) is 52.9 Å². The van der Waals surface area contributed by atoms with Crippen LogP contribution in [0.5, 0.6) is 0 Å². The summed E-state index contributed by atoms with van der Waals surface area (Å²) in [4.78, 5) is 23.1. The van der Waals surface area contributed by atoms with Crippen LogP contribution in [-0.2, 0) is 46.6 Å². The average molecular weight is 649 g/mol. The zero-order chi connectivity index (χ0) is 32.9. The molecule has 0 heterocycles. The Morgan fingerprint density at radius 2 is 1.09 bits per heavy atom. The molecule has 3 atom stereocenters. The van der Waals surface area contributed by atoms with Gasteiger partial charge in [0.05, 0.1) is 38.1 Å². The first kappa shape index (κ1) is 42.7. The van der Waals surface area contributed by atoms with E-state index in [0.29, 0.717) is 59.1 Å². The molecule has 0 spiro atoms. The van der Waals surface area contributed by atoms with Crippen molar-refractivity contribution >= 4 is 20.7 Å². The number of unbranched alkanes of at least 4 members (excludes halogenated alkanes) is 8. The number of esters is 2. The maximum absolute atomic E-state index is 12.0. The monoisotopic (exact) mass is 648 g/mol. The first-order valence-electron chi connectivity index (χ1n) is 16.9. The summed E-state index contributed by atoms with van der Waals surface area (Å²) in [6.07, 6.45) is 12.0. The molecule has 0 saturated carbocycles. The standard InChI is InChI=1S/C33H64O10Si/c1-8-32(34)40-28-31(7)39-27-30(6)38-26-29(5)36-24-21-22-33(35)37-23-19-17-15-13-12-14-16-18-20-25-44(41-9-2,42-10-3)43-11-4/h8,29-31H,1,9-28H2,2-7H3. The molecule has 0 aliphatic carbocycles. The lowest BCUT2D eigenvalue weighted by Crippen LogP contribution is -2.45. The lowest BCUT2D eigenvalue weighted by molar-refractivity contribution is -0.144. The zero-order valence-corrected chi connectivity index (χ0v) is 29.7. The Hall–Kier alpha value is -1.34. The zero-order valence-electron chi connectivity index (χ0n) is 28.7. The van der Waals surface area contributed by atoms with Crippen LogP contribution in [0.15, 0.2) is 12.7 Å². The maximum Gasteiger partial charge on any atom is 0.500 e. The summed E-state index contributed by atoms with van der Waals surface area (Å²) in [6.45, 7) is 18.9. The molecule has 0 N–H and O–H groups in total. The fourth-order valence-electron chi connectivity index (χ4n) is 4.44. The minimum absolute atomic E-state index is 0.0956. The first-order valence-corrected chi connectivity index (χ1v) is 18.9. The van der Waals surface area contributed by atoms with E-state index in [2.05, 4.69) is 6.58 Å². The third-order valence-corrected chi connectivity index (χ3v) is 9.92. The van der Waals surface area contributed by atoms with Gasteiger partial charge >= 0.3 is 20.7 Å². The first-order chi connectivity index (χ1) is 21.2. The molecule has 0 radical (unpaired) electrons. The van der Waals surface area contributed by atoms with E-state index >= 15 is 0 Å². The van der Waals surface area contributed by atoms with E-state index in [-0.39, 0.29) is 30.9 Å². The Labute approximate surface area is 269 Å². The van der Waals surface area contributed by atoms with E-state index in [1.165, 1.54) is 38.5 Å². The van der Waals surface area contributed by atoms with Gasteiger partial charge in [-0.15, -0.1) is 0 Å². The van der Waals surface area contributed by atoms with Crippen LogP contribution in [-0.4, -0.2) is 91.9 Å². The van der Waals surface area contributed by atoms with Crippen LogP contribution in [0.25, 0.3) is 0 Å².